The number of aliphatic hydroxyl groups is 1. The Bertz CT molecular complexity index is 538. The lowest BCUT2D eigenvalue weighted by molar-refractivity contribution is -0.170. The molecule has 0 aromatic rings. The number of nitrogens with one attached hydrogen (secondary N) is 2. The van der Waals surface area contributed by atoms with Crippen molar-refractivity contribution in [3.8, 4) is 0 Å². The van der Waals surface area contributed by atoms with Crippen LogP contribution < -0.4 is 10.6 Å². The zero-order valence-corrected chi connectivity index (χ0v) is 19.5. The molecule has 3 N–H and O–H groups in total. The number of ether oxygens (including phenoxy) is 2. The molecule has 1 saturated carbocycles. The number of carbonyl (C=O) groups excluding carboxylic acids is 2. The maximum atomic E-state index is 12.5. The molecule has 0 aromatic carbocycles. The molecule has 0 saturated heterocycles. The average Bonchev–Trinajstić information content (AvgIpc) is 2.62. The van der Waals surface area contributed by atoms with Gasteiger partial charge < -0.3 is 25.2 Å². The Kier molecular flexibility index (Phi) is 9.41. The molecule has 0 aromatic heterocycles. The lowest BCUT2D eigenvalue weighted by Gasteiger charge is -2.52. The van der Waals surface area contributed by atoms with Crippen molar-refractivity contribution in [2.24, 2.45) is 5.41 Å². The molecule has 0 bridgehead atoms. The molecule has 2 amide bonds. The largest absolute Gasteiger partial charge is 0.444 e. The smallest absolute Gasteiger partial charge is 0.407 e. The molecule has 0 aliphatic heterocycles. The van der Waals surface area contributed by atoms with E-state index in [9.17, 15) is 14.7 Å². The fraction of sp³-hybridized carbons (Fsp3) is 0.909. The molecule has 0 spiro atoms. The van der Waals surface area contributed by atoms with E-state index < -0.39 is 41.4 Å². The minimum atomic E-state index is -0.744. The summed E-state index contributed by atoms with van der Waals surface area (Å²) >= 11 is 0. The van der Waals surface area contributed by atoms with E-state index in [1.165, 1.54) is 6.92 Å². The Labute approximate surface area is 176 Å². The molecule has 0 radical (unpaired) electrons. The van der Waals surface area contributed by atoms with Crippen LogP contribution in [0.25, 0.3) is 0 Å². The van der Waals surface area contributed by atoms with Crippen LogP contribution in [0, 0.1) is 5.41 Å². The number of amides is 2. The summed E-state index contributed by atoms with van der Waals surface area (Å²) in [5, 5.41) is 17.2. The zero-order chi connectivity index (χ0) is 22.4. The summed E-state index contributed by atoms with van der Waals surface area (Å²) in [6.45, 7) is 15.0. The van der Waals surface area contributed by atoms with Crippen LogP contribution in [0.2, 0.25) is 0 Å². The van der Waals surface area contributed by atoms with Crippen LogP contribution in [0.5, 0.6) is 0 Å². The molecule has 1 rings (SSSR count). The highest BCUT2D eigenvalue weighted by molar-refractivity contribution is 5.74. The minimum absolute atomic E-state index is 0.0300. The van der Waals surface area contributed by atoms with Gasteiger partial charge in [0.25, 0.3) is 0 Å². The molecule has 7 heteroatoms. The summed E-state index contributed by atoms with van der Waals surface area (Å²) in [5.41, 5.74) is -1.04. The van der Waals surface area contributed by atoms with Crippen molar-refractivity contribution >= 4 is 12.0 Å². The van der Waals surface area contributed by atoms with Gasteiger partial charge in [-0.15, -0.1) is 0 Å². The van der Waals surface area contributed by atoms with Crippen molar-refractivity contribution in [1.29, 1.82) is 0 Å². The normalized spacial score (nSPS) is 26.8. The van der Waals surface area contributed by atoms with Crippen molar-refractivity contribution in [3.63, 3.8) is 0 Å². The molecule has 170 valence electrons. The molecule has 29 heavy (non-hydrogen) atoms. The lowest BCUT2D eigenvalue weighted by atomic mass is 9.63. The molecule has 0 unspecified atom stereocenters. The molecular weight excluding hydrogens is 372 g/mol. The van der Waals surface area contributed by atoms with Gasteiger partial charge in [-0.05, 0) is 52.9 Å². The van der Waals surface area contributed by atoms with Gasteiger partial charge in [-0.3, -0.25) is 4.79 Å². The third-order valence-corrected chi connectivity index (χ3v) is 6.09. The second kappa shape index (κ2) is 10.6. The quantitative estimate of drug-likeness (QED) is 0.564. The van der Waals surface area contributed by atoms with Crippen molar-refractivity contribution in [2.45, 2.75) is 123 Å². The SMILES string of the molecule is CCC(CC)O[C@H]1[C@H](NC(C)=O)[C@@H](NC(=O)OC(C)(C)C)CC(CC)(CC)[C@@H]1O. The fourth-order valence-electron chi connectivity index (χ4n) is 4.30. The summed E-state index contributed by atoms with van der Waals surface area (Å²) in [6.07, 6.45) is 1.72. The van der Waals surface area contributed by atoms with Gasteiger partial charge in [0.2, 0.25) is 5.91 Å². The van der Waals surface area contributed by atoms with E-state index in [1.807, 2.05) is 48.5 Å². The van der Waals surface area contributed by atoms with Gasteiger partial charge in [0.1, 0.15) is 11.7 Å². The van der Waals surface area contributed by atoms with Gasteiger partial charge in [0.15, 0.2) is 0 Å². The topological polar surface area (TPSA) is 96.9 Å². The Morgan fingerprint density at radius 2 is 1.66 bits per heavy atom. The fourth-order valence-corrected chi connectivity index (χ4v) is 4.30. The number of alkyl carbamates (subject to hydrolysis) is 1. The van der Waals surface area contributed by atoms with Crippen LogP contribution in [0.4, 0.5) is 4.79 Å². The molecule has 0 heterocycles. The molecule has 1 aliphatic carbocycles. The number of hydrogen-bond donors (Lipinski definition) is 3. The molecule has 1 fully saturated rings. The highest BCUT2D eigenvalue weighted by atomic mass is 16.6. The monoisotopic (exact) mass is 414 g/mol. The molecule has 4 atom stereocenters. The first kappa shape index (κ1) is 25.7. The van der Waals surface area contributed by atoms with E-state index in [1.54, 1.807) is 0 Å². The first-order valence-electron chi connectivity index (χ1n) is 11.0. The van der Waals surface area contributed by atoms with E-state index in [4.69, 9.17) is 9.47 Å². The van der Waals surface area contributed by atoms with Gasteiger partial charge in [-0.2, -0.15) is 0 Å². The summed E-state index contributed by atoms with van der Waals surface area (Å²) in [5.74, 6) is -0.225. The van der Waals surface area contributed by atoms with Gasteiger partial charge in [-0.1, -0.05) is 27.7 Å². The highest BCUT2D eigenvalue weighted by Crippen LogP contribution is 2.44. The Balaban J connectivity index is 3.28. The van der Waals surface area contributed by atoms with E-state index >= 15 is 0 Å². The highest BCUT2D eigenvalue weighted by Gasteiger charge is 2.53. The first-order valence-corrected chi connectivity index (χ1v) is 11.0. The predicted octanol–water partition coefficient (Wildman–Crippen LogP) is 3.53. The third-order valence-electron chi connectivity index (χ3n) is 6.09. The van der Waals surface area contributed by atoms with E-state index in [0.717, 1.165) is 25.7 Å². The van der Waals surface area contributed by atoms with Crippen LogP contribution in [0.3, 0.4) is 0 Å². The maximum Gasteiger partial charge on any atom is 0.407 e. The third kappa shape index (κ3) is 6.85. The van der Waals surface area contributed by atoms with Crippen molar-refractivity contribution in [1.82, 2.24) is 10.6 Å². The molecule has 7 nitrogen and oxygen atoms in total. The number of carbonyl (C=O) groups is 2. The molecule has 1 aliphatic rings. The van der Waals surface area contributed by atoms with Crippen LogP contribution in [0.15, 0.2) is 0 Å². The van der Waals surface area contributed by atoms with Gasteiger partial charge in [0, 0.05) is 12.3 Å². The van der Waals surface area contributed by atoms with E-state index in [0.29, 0.717) is 6.42 Å². The van der Waals surface area contributed by atoms with Crippen molar-refractivity contribution in [3.05, 3.63) is 0 Å². The summed E-state index contributed by atoms with van der Waals surface area (Å²) in [4.78, 5) is 24.5. The Morgan fingerprint density at radius 3 is 2.07 bits per heavy atom. The van der Waals surface area contributed by atoms with Crippen LogP contribution in [-0.4, -0.2) is 53.1 Å². The second-order valence-electron chi connectivity index (χ2n) is 9.24. The summed E-state index contributed by atoms with van der Waals surface area (Å²) in [6, 6.07) is -0.946. The van der Waals surface area contributed by atoms with Crippen LogP contribution in [0.1, 0.15) is 87.5 Å². The average molecular weight is 415 g/mol. The standard InChI is InChI=1S/C22H42N2O5/c1-9-15(10-2)28-18-17(23-14(5)25)16(24-20(27)29-21(6,7)8)13-22(11-3,12-4)19(18)26/h15-19,26H,9-13H2,1-8H3,(H,23,25)(H,24,27)/t16-,17+,18-,19+/m0/s1. The number of hydrogen-bond acceptors (Lipinski definition) is 5. The first-order chi connectivity index (χ1) is 13.4. The Hall–Kier alpha value is -1.34. The van der Waals surface area contributed by atoms with Gasteiger partial charge in [0.05, 0.1) is 24.3 Å². The van der Waals surface area contributed by atoms with Crippen molar-refractivity contribution in [2.75, 3.05) is 0 Å². The summed E-state index contributed by atoms with van der Waals surface area (Å²) in [7, 11) is 0. The lowest BCUT2D eigenvalue weighted by Crippen LogP contribution is -2.68. The number of rotatable bonds is 8. The molecular formula is C22H42N2O5. The van der Waals surface area contributed by atoms with Crippen LogP contribution >= 0.6 is 0 Å². The van der Waals surface area contributed by atoms with Gasteiger partial charge in [-0.25, -0.2) is 4.79 Å². The van der Waals surface area contributed by atoms with Crippen molar-refractivity contribution < 1.29 is 24.2 Å². The zero-order valence-electron chi connectivity index (χ0n) is 19.5. The van der Waals surface area contributed by atoms with E-state index in [-0.39, 0.29) is 12.0 Å². The van der Waals surface area contributed by atoms with E-state index in [2.05, 4.69) is 10.6 Å². The maximum absolute atomic E-state index is 12.5. The predicted molar refractivity (Wildman–Crippen MR) is 114 cm³/mol. The second-order valence-corrected chi connectivity index (χ2v) is 9.24. The minimum Gasteiger partial charge on any atom is -0.444 e. The summed E-state index contributed by atoms with van der Waals surface area (Å²) < 4.78 is 11.8. The van der Waals surface area contributed by atoms with Gasteiger partial charge >= 0.3 is 6.09 Å². The number of aliphatic hydroxyl groups excluding tert-OH is 1. The Morgan fingerprint density at radius 1 is 1.10 bits per heavy atom. The van der Waals surface area contributed by atoms with Crippen LogP contribution in [-0.2, 0) is 14.3 Å².